The van der Waals surface area contributed by atoms with Gasteiger partial charge in [0.05, 0.1) is 16.5 Å². The molecule has 0 saturated heterocycles. The summed E-state index contributed by atoms with van der Waals surface area (Å²) in [5, 5.41) is 4.48. The minimum Gasteiger partial charge on any atom is -0.491 e. The highest BCUT2D eigenvalue weighted by atomic mass is 32.1. The molecule has 116 valence electrons. The largest absolute Gasteiger partial charge is 0.491 e. The number of thiophene rings is 1. The Morgan fingerprint density at radius 3 is 2.64 bits per heavy atom. The van der Waals surface area contributed by atoms with Gasteiger partial charge in [0.2, 0.25) is 5.91 Å². The zero-order valence-electron chi connectivity index (χ0n) is 12.2. The molecule has 0 unspecified atom stereocenters. The Bertz CT molecular complexity index is 640. The normalized spacial score (nSPS) is 11.7. The van der Waals surface area contributed by atoms with Crippen LogP contribution in [0, 0.1) is 0 Å². The highest BCUT2D eigenvalue weighted by Crippen LogP contribution is 2.15. The van der Waals surface area contributed by atoms with Crippen LogP contribution in [0.1, 0.15) is 33.4 Å². The highest BCUT2D eigenvalue weighted by molar-refractivity contribution is 7.12. The molecule has 0 fully saturated rings. The number of rotatable bonds is 7. The van der Waals surface area contributed by atoms with Crippen LogP contribution in [0.3, 0.4) is 0 Å². The van der Waals surface area contributed by atoms with E-state index in [1.54, 1.807) is 5.38 Å². The predicted octanol–water partition coefficient (Wildman–Crippen LogP) is 2.43. The van der Waals surface area contributed by atoms with Crippen LogP contribution in [0.15, 0.2) is 41.8 Å². The molecule has 1 aromatic carbocycles. The minimum absolute atomic E-state index is 0.105. The zero-order valence-corrected chi connectivity index (χ0v) is 13.1. The van der Waals surface area contributed by atoms with Crippen LogP contribution in [0.4, 0.5) is 0 Å². The molecular formula is C16H18N2O3S. The van der Waals surface area contributed by atoms with Crippen molar-refractivity contribution >= 4 is 23.2 Å². The molecule has 1 atom stereocenters. The van der Waals surface area contributed by atoms with Crippen molar-refractivity contribution < 1.29 is 14.3 Å². The fourth-order valence-electron chi connectivity index (χ4n) is 1.82. The molecule has 1 aromatic heterocycles. The first kappa shape index (κ1) is 16.0. The second-order valence-corrected chi connectivity index (χ2v) is 5.68. The van der Waals surface area contributed by atoms with Crippen molar-refractivity contribution in [2.75, 3.05) is 6.61 Å². The number of hydrogen-bond acceptors (Lipinski definition) is 4. The maximum Gasteiger partial charge on any atom is 0.261 e. The summed E-state index contributed by atoms with van der Waals surface area (Å²) < 4.78 is 5.65. The molecular weight excluding hydrogens is 300 g/mol. The lowest BCUT2D eigenvalue weighted by atomic mass is 10.2. The maximum absolute atomic E-state index is 12.2. The smallest absolute Gasteiger partial charge is 0.261 e. The number of nitrogens with two attached hydrogens (primary N) is 1. The third-order valence-corrected chi connectivity index (χ3v) is 4.06. The molecule has 0 spiro atoms. The van der Waals surface area contributed by atoms with Gasteiger partial charge in [0, 0.05) is 5.38 Å². The Balaban J connectivity index is 1.91. The summed E-state index contributed by atoms with van der Waals surface area (Å²) in [5.74, 6) is 0.0121. The van der Waals surface area contributed by atoms with Gasteiger partial charge in [-0.1, -0.05) is 25.1 Å². The number of ether oxygens (including phenoxy) is 1. The molecule has 0 radical (unpaired) electrons. The summed E-state index contributed by atoms with van der Waals surface area (Å²) in [6.45, 7) is 2.36. The summed E-state index contributed by atoms with van der Waals surface area (Å²) in [4.78, 5) is 23.7. The van der Waals surface area contributed by atoms with E-state index < -0.39 is 5.91 Å². The highest BCUT2D eigenvalue weighted by Gasteiger charge is 2.16. The third-order valence-electron chi connectivity index (χ3n) is 3.13. The van der Waals surface area contributed by atoms with Crippen molar-refractivity contribution in [1.29, 1.82) is 0 Å². The van der Waals surface area contributed by atoms with Crippen molar-refractivity contribution in [2.45, 2.75) is 19.4 Å². The quantitative estimate of drug-likeness (QED) is 0.822. The van der Waals surface area contributed by atoms with E-state index >= 15 is 0 Å². The standard InChI is InChI=1S/C16H18N2O3S/c1-2-12(9-21-13-6-4-3-5-7-13)18-16(20)14-8-11(10-22-14)15(17)19/h3-8,10,12H,2,9H2,1H3,(H2,17,19)(H,18,20)/t12-/m1/s1. The van der Waals surface area contributed by atoms with Crippen LogP contribution >= 0.6 is 11.3 Å². The molecule has 22 heavy (non-hydrogen) atoms. The number of amides is 2. The Morgan fingerprint density at radius 2 is 2.05 bits per heavy atom. The fraction of sp³-hybridized carbons (Fsp3) is 0.250. The van der Waals surface area contributed by atoms with Gasteiger partial charge in [-0.2, -0.15) is 0 Å². The first-order chi connectivity index (χ1) is 10.6. The van der Waals surface area contributed by atoms with E-state index in [0.717, 1.165) is 12.2 Å². The van der Waals surface area contributed by atoms with Gasteiger partial charge in [-0.05, 0) is 24.6 Å². The van der Waals surface area contributed by atoms with Gasteiger partial charge >= 0.3 is 0 Å². The van der Waals surface area contributed by atoms with Gasteiger partial charge < -0.3 is 15.8 Å². The van der Waals surface area contributed by atoms with Crippen LogP contribution < -0.4 is 15.8 Å². The molecule has 0 saturated carbocycles. The van der Waals surface area contributed by atoms with Gasteiger partial charge in [-0.3, -0.25) is 9.59 Å². The molecule has 6 heteroatoms. The predicted molar refractivity (Wildman–Crippen MR) is 86.3 cm³/mol. The van der Waals surface area contributed by atoms with E-state index in [0.29, 0.717) is 17.0 Å². The van der Waals surface area contributed by atoms with E-state index in [4.69, 9.17) is 10.5 Å². The molecule has 2 amide bonds. The number of primary amides is 1. The van der Waals surface area contributed by atoms with Crippen molar-refractivity contribution in [3.05, 3.63) is 52.2 Å². The summed E-state index contributed by atoms with van der Waals surface area (Å²) >= 11 is 1.20. The van der Waals surface area contributed by atoms with Crippen molar-refractivity contribution in [3.63, 3.8) is 0 Å². The number of benzene rings is 1. The van der Waals surface area contributed by atoms with Gasteiger partial charge in [-0.25, -0.2) is 0 Å². The van der Waals surface area contributed by atoms with Gasteiger partial charge in [0.15, 0.2) is 0 Å². The van der Waals surface area contributed by atoms with Gasteiger partial charge in [0.1, 0.15) is 12.4 Å². The lowest BCUT2D eigenvalue weighted by Gasteiger charge is -2.17. The molecule has 0 aliphatic heterocycles. The Labute approximate surface area is 133 Å². The van der Waals surface area contributed by atoms with E-state index in [1.807, 2.05) is 37.3 Å². The number of para-hydroxylation sites is 1. The average molecular weight is 318 g/mol. The van der Waals surface area contributed by atoms with Crippen molar-refractivity contribution in [1.82, 2.24) is 5.32 Å². The number of hydrogen-bond donors (Lipinski definition) is 2. The summed E-state index contributed by atoms with van der Waals surface area (Å²) in [5.41, 5.74) is 5.53. The van der Waals surface area contributed by atoms with Gasteiger partial charge in [-0.15, -0.1) is 11.3 Å². The Morgan fingerprint density at radius 1 is 1.32 bits per heavy atom. The summed E-state index contributed by atoms with van der Waals surface area (Å²) in [6.07, 6.45) is 0.743. The molecule has 0 aliphatic carbocycles. The van der Waals surface area contributed by atoms with E-state index in [2.05, 4.69) is 5.32 Å². The van der Waals surface area contributed by atoms with E-state index in [-0.39, 0.29) is 11.9 Å². The Kier molecular flexibility index (Phi) is 5.55. The van der Waals surface area contributed by atoms with Crippen LogP contribution in [-0.4, -0.2) is 24.5 Å². The van der Waals surface area contributed by atoms with Crippen LogP contribution in [0.5, 0.6) is 5.75 Å². The summed E-state index contributed by atoms with van der Waals surface area (Å²) in [7, 11) is 0. The first-order valence-corrected chi connectivity index (χ1v) is 7.85. The number of nitrogens with one attached hydrogen (secondary N) is 1. The summed E-state index contributed by atoms with van der Waals surface area (Å²) in [6, 6.07) is 10.8. The average Bonchev–Trinajstić information content (AvgIpc) is 3.02. The monoisotopic (exact) mass is 318 g/mol. The maximum atomic E-state index is 12.2. The lowest BCUT2D eigenvalue weighted by Crippen LogP contribution is -2.38. The van der Waals surface area contributed by atoms with Crippen LogP contribution in [-0.2, 0) is 0 Å². The van der Waals surface area contributed by atoms with Crippen molar-refractivity contribution in [2.24, 2.45) is 5.73 Å². The molecule has 5 nitrogen and oxygen atoms in total. The molecule has 1 heterocycles. The fourth-order valence-corrected chi connectivity index (χ4v) is 2.62. The van der Waals surface area contributed by atoms with Gasteiger partial charge in [0.25, 0.3) is 5.91 Å². The number of carbonyl (C=O) groups excluding carboxylic acids is 2. The van der Waals surface area contributed by atoms with Crippen LogP contribution in [0.2, 0.25) is 0 Å². The van der Waals surface area contributed by atoms with Crippen LogP contribution in [0.25, 0.3) is 0 Å². The second kappa shape index (κ2) is 7.61. The topological polar surface area (TPSA) is 81.4 Å². The molecule has 2 aromatic rings. The molecule has 0 bridgehead atoms. The van der Waals surface area contributed by atoms with Crippen molar-refractivity contribution in [3.8, 4) is 5.75 Å². The second-order valence-electron chi connectivity index (χ2n) is 4.77. The van der Waals surface area contributed by atoms with E-state index in [9.17, 15) is 9.59 Å². The zero-order chi connectivity index (χ0) is 15.9. The minimum atomic E-state index is -0.533. The molecule has 0 aliphatic rings. The lowest BCUT2D eigenvalue weighted by molar-refractivity contribution is 0.0924. The Hall–Kier alpha value is -2.34. The number of carbonyl (C=O) groups is 2. The SMILES string of the molecule is CC[C@H](COc1ccccc1)NC(=O)c1cc(C(N)=O)cs1. The molecule has 2 rings (SSSR count). The first-order valence-electron chi connectivity index (χ1n) is 6.97. The molecule has 3 N–H and O–H groups in total. The third kappa shape index (κ3) is 4.33. The van der Waals surface area contributed by atoms with E-state index in [1.165, 1.54) is 17.4 Å².